The molecule has 0 aliphatic carbocycles. The number of hydrogen-bond donors (Lipinski definition) is 0. The number of aromatic nitrogens is 3. The van der Waals surface area contributed by atoms with Crippen LogP contribution in [0.5, 0.6) is 0 Å². The molecule has 0 atom stereocenters. The van der Waals surface area contributed by atoms with Crippen molar-refractivity contribution in [3.8, 4) is 51.5 Å². The summed E-state index contributed by atoms with van der Waals surface area (Å²) >= 11 is 1.82. The van der Waals surface area contributed by atoms with E-state index in [2.05, 4.69) is 202 Å². The molecule has 0 fully saturated rings. The van der Waals surface area contributed by atoms with Gasteiger partial charge in [0.25, 0.3) is 0 Å². The van der Waals surface area contributed by atoms with Crippen molar-refractivity contribution in [3.63, 3.8) is 0 Å². The van der Waals surface area contributed by atoms with Gasteiger partial charge in [0, 0.05) is 75.0 Å². The molecule has 6 heteroatoms. The van der Waals surface area contributed by atoms with Gasteiger partial charge in [0.2, 0.25) is 0 Å². The lowest BCUT2D eigenvalue weighted by Crippen LogP contribution is -2.02. The lowest BCUT2D eigenvalue weighted by atomic mass is 9.92. The Morgan fingerprint density at radius 2 is 0.985 bits per heavy atom. The van der Waals surface area contributed by atoms with E-state index in [0.29, 0.717) is 11.1 Å². The number of hydrogen-bond acceptors (Lipinski definition) is 3. The van der Waals surface area contributed by atoms with Crippen LogP contribution in [0.2, 0.25) is 0 Å². The molecule has 0 saturated carbocycles. The van der Waals surface area contributed by atoms with Crippen LogP contribution in [0.15, 0.2) is 212 Å². The molecule has 68 heavy (non-hydrogen) atoms. The fraction of sp³-hybridized carbons (Fsp3) is 0. The van der Waals surface area contributed by atoms with Crippen LogP contribution in [0.25, 0.3) is 125 Å². The van der Waals surface area contributed by atoms with Gasteiger partial charge in [-0.05, 0) is 96.1 Å². The first-order valence-electron chi connectivity index (χ1n) is 22.7. The second-order valence-corrected chi connectivity index (χ2v) is 18.5. The van der Waals surface area contributed by atoms with E-state index in [4.69, 9.17) is 0 Å². The summed E-state index contributed by atoms with van der Waals surface area (Å²) in [4.78, 5) is 0. The van der Waals surface area contributed by atoms with E-state index in [0.717, 1.165) is 72.3 Å². The molecule has 0 unspecified atom stereocenters. The zero-order valence-corrected chi connectivity index (χ0v) is 37.2. The number of benzene rings is 10. The van der Waals surface area contributed by atoms with Crippen LogP contribution in [-0.4, -0.2) is 13.7 Å². The van der Waals surface area contributed by atoms with Gasteiger partial charge < -0.3 is 13.7 Å². The second-order valence-electron chi connectivity index (χ2n) is 17.4. The zero-order valence-electron chi connectivity index (χ0n) is 36.4. The summed E-state index contributed by atoms with van der Waals surface area (Å²) in [5.74, 6) is 0. The van der Waals surface area contributed by atoms with Crippen molar-refractivity contribution < 1.29 is 0 Å². The minimum atomic E-state index is 0.554. The van der Waals surface area contributed by atoms with Crippen LogP contribution in [-0.2, 0) is 0 Å². The molecule has 0 aliphatic heterocycles. The first-order chi connectivity index (χ1) is 33.7. The van der Waals surface area contributed by atoms with Crippen molar-refractivity contribution >= 4 is 96.9 Å². The molecule has 314 valence electrons. The molecule has 0 saturated heterocycles. The Hall–Kier alpha value is -9.20. The molecule has 4 aromatic heterocycles. The van der Waals surface area contributed by atoms with Gasteiger partial charge in [-0.2, -0.15) is 10.5 Å². The van der Waals surface area contributed by atoms with Crippen LogP contribution in [0.1, 0.15) is 11.1 Å². The van der Waals surface area contributed by atoms with Crippen LogP contribution < -0.4 is 0 Å². The molecule has 5 nitrogen and oxygen atoms in total. The first-order valence-corrected chi connectivity index (χ1v) is 23.5. The van der Waals surface area contributed by atoms with E-state index < -0.39 is 0 Å². The van der Waals surface area contributed by atoms with E-state index in [1.807, 2.05) is 47.7 Å². The fourth-order valence-corrected chi connectivity index (χ4v) is 12.1. The SMILES string of the molecule is N#Cc1ccccc1-c1ccc(C#N)c(-c2ccc(-n3c4ccccc4c4c3ccc3c5ccccc5n(-c5ccccc5)c34)cc2-n2c3ccccc3c3cc4c(cc32)sc2ccccc24)c1. The number of para-hydroxylation sites is 4. The average molecular weight is 882 g/mol. The van der Waals surface area contributed by atoms with Gasteiger partial charge in [-0.25, -0.2) is 0 Å². The minimum absolute atomic E-state index is 0.554. The van der Waals surface area contributed by atoms with Gasteiger partial charge in [-0.3, -0.25) is 0 Å². The monoisotopic (exact) mass is 881 g/mol. The Morgan fingerprint density at radius 1 is 0.338 bits per heavy atom. The first kappa shape index (κ1) is 38.1. The van der Waals surface area contributed by atoms with Crippen molar-refractivity contribution in [1.29, 1.82) is 10.5 Å². The molecule has 0 spiro atoms. The second kappa shape index (κ2) is 14.7. The van der Waals surface area contributed by atoms with Crippen molar-refractivity contribution in [2.75, 3.05) is 0 Å². The summed E-state index contributed by atoms with van der Waals surface area (Å²) in [6.45, 7) is 0. The molecular formula is C62H35N5S. The zero-order chi connectivity index (χ0) is 45.0. The molecule has 0 aliphatic rings. The van der Waals surface area contributed by atoms with E-state index in [-0.39, 0.29) is 0 Å². The highest BCUT2D eigenvalue weighted by Gasteiger charge is 2.24. The average Bonchev–Trinajstić information content (AvgIpc) is 4.14. The third-order valence-corrected chi connectivity index (χ3v) is 15.1. The van der Waals surface area contributed by atoms with Gasteiger partial charge in [-0.15, -0.1) is 11.3 Å². The van der Waals surface area contributed by atoms with Gasteiger partial charge in [0.15, 0.2) is 0 Å². The number of rotatable bonds is 5. The molecule has 10 aromatic carbocycles. The van der Waals surface area contributed by atoms with E-state index in [9.17, 15) is 10.5 Å². The summed E-state index contributed by atoms with van der Waals surface area (Å²) in [7, 11) is 0. The normalized spacial score (nSPS) is 11.8. The maximum atomic E-state index is 10.9. The summed E-state index contributed by atoms with van der Waals surface area (Å²) < 4.78 is 9.71. The summed E-state index contributed by atoms with van der Waals surface area (Å²) in [5, 5.41) is 30.6. The Labute approximate surface area is 394 Å². The maximum Gasteiger partial charge on any atom is 0.0998 e. The standard InChI is InChI=1S/C62H35N5S/c63-36-39-14-4-5-17-43(39)38-26-27-40(37-64)50(32-38)46-29-28-42(33-57(46)67-54-23-11-7-19-45(54)51-34-52-47-20-9-13-25-59(47)68-60(52)35-58(51)67)65-55-24-12-8-21-49(55)61-56(65)31-30-48-44-18-6-10-22-53(44)66(62(48)61)41-15-2-1-3-16-41/h1-35H. The minimum Gasteiger partial charge on any atom is -0.309 e. The molecule has 0 N–H and O–H groups in total. The molecule has 14 rings (SSSR count). The highest BCUT2D eigenvalue weighted by atomic mass is 32.1. The van der Waals surface area contributed by atoms with Gasteiger partial charge in [0.1, 0.15) is 0 Å². The summed E-state index contributed by atoms with van der Waals surface area (Å²) in [6.07, 6.45) is 0. The molecule has 4 heterocycles. The van der Waals surface area contributed by atoms with Crippen molar-refractivity contribution in [1.82, 2.24) is 13.7 Å². The number of fused-ring (bicyclic) bond motifs is 13. The highest BCUT2D eigenvalue weighted by molar-refractivity contribution is 7.25. The maximum absolute atomic E-state index is 10.9. The lowest BCUT2D eigenvalue weighted by molar-refractivity contribution is 1.14. The van der Waals surface area contributed by atoms with E-state index in [1.54, 1.807) is 0 Å². The van der Waals surface area contributed by atoms with Gasteiger partial charge in [0.05, 0.1) is 62.1 Å². The molecule has 14 aromatic rings. The predicted octanol–water partition coefficient (Wildman–Crippen LogP) is 16.4. The van der Waals surface area contributed by atoms with Gasteiger partial charge >= 0.3 is 0 Å². The van der Waals surface area contributed by atoms with Crippen molar-refractivity contribution in [3.05, 3.63) is 223 Å². The van der Waals surface area contributed by atoms with Crippen LogP contribution in [0.4, 0.5) is 0 Å². The van der Waals surface area contributed by atoms with Crippen molar-refractivity contribution in [2.45, 2.75) is 0 Å². The third kappa shape index (κ3) is 5.41. The Morgan fingerprint density at radius 3 is 1.78 bits per heavy atom. The molecule has 0 bridgehead atoms. The number of nitriles is 2. The number of nitrogens with zero attached hydrogens (tertiary/aromatic N) is 5. The van der Waals surface area contributed by atoms with E-state index in [1.165, 1.54) is 52.6 Å². The molecular weight excluding hydrogens is 847 g/mol. The van der Waals surface area contributed by atoms with Crippen LogP contribution >= 0.6 is 11.3 Å². The van der Waals surface area contributed by atoms with E-state index >= 15 is 0 Å². The Bertz CT molecular complexity index is 4530. The molecule has 0 amide bonds. The Balaban J connectivity index is 1.11. The van der Waals surface area contributed by atoms with Gasteiger partial charge in [-0.1, -0.05) is 127 Å². The quantitative estimate of drug-likeness (QED) is 0.173. The van der Waals surface area contributed by atoms with Crippen molar-refractivity contribution in [2.24, 2.45) is 0 Å². The smallest absolute Gasteiger partial charge is 0.0998 e. The topological polar surface area (TPSA) is 62.4 Å². The highest BCUT2D eigenvalue weighted by Crippen LogP contribution is 2.46. The largest absolute Gasteiger partial charge is 0.309 e. The van der Waals surface area contributed by atoms with Crippen LogP contribution in [0, 0.1) is 22.7 Å². The Kier molecular flexibility index (Phi) is 8.21. The summed E-state index contributed by atoms with van der Waals surface area (Å²) in [6, 6.07) is 80.0. The fourth-order valence-electron chi connectivity index (χ4n) is 11.0. The predicted molar refractivity (Wildman–Crippen MR) is 283 cm³/mol. The number of thiophene rings is 1. The third-order valence-electron chi connectivity index (χ3n) is 13.9. The van der Waals surface area contributed by atoms with Crippen LogP contribution in [0.3, 0.4) is 0 Å². The lowest BCUT2D eigenvalue weighted by Gasteiger charge is -2.19. The molecule has 0 radical (unpaired) electrons. The summed E-state index contributed by atoms with van der Waals surface area (Å²) in [5.41, 5.74) is 14.3.